The van der Waals surface area contributed by atoms with Gasteiger partial charge in [0.05, 0.1) is 5.69 Å². The van der Waals surface area contributed by atoms with Crippen molar-refractivity contribution in [1.29, 1.82) is 0 Å². The van der Waals surface area contributed by atoms with Gasteiger partial charge in [0.15, 0.2) is 0 Å². The molecule has 2 nitrogen and oxygen atoms in total. The first-order valence-electron chi connectivity index (χ1n) is 7.17. The van der Waals surface area contributed by atoms with Gasteiger partial charge in [-0.05, 0) is 37.3 Å². The van der Waals surface area contributed by atoms with Crippen molar-refractivity contribution in [3.05, 3.63) is 29.6 Å². The highest BCUT2D eigenvalue weighted by Gasteiger charge is 2.17. The summed E-state index contributed by atoms with van der Waals surface area (Å²) < 4.78 is 14.2. The summed E-state index contributed by atoms with van der Waals surface area (Å²) in [6.07, 6.45) is 2.08. The molecular formula is C16H27FN2S. The maximum Gasteiger partial charge on any atom is 0.146 e. The molecule has 0 saturated carbocycles. The fourth-order valence-corrected chi connectivity index (χ4v) is 2.87. The molecule has 1 rings (SSSR count). The van der Waals surface area contributed by atoms with Gasteiger partial charge in [0, 0.05) is 25.4 Å². The van der Waals surface area contributed by atoms with Crippen molar-refractivity contribution in [2.75, 3.05) is 30.5 Å². The van der Waals surface area contributed by atoms with Crippen LogP contribution in [0.15, 0.2) is 18.2 Å². The Kier molecular flexibility index (Phi) is 7.38. The van der Waals surface area contributed by atoms with Gasteiger partial charge in [0.2, 0.25) is 0 Å². The molecule has 0 heterocycles. The van der Waals surface area contributed by atoms with Gasteiger partial charge in [-0.15, -0.1) is 0 Å². The Morgan fingerprint density at radius 3 is 2.60 bits per heavy atom. The van der Waals surface area contributed by atoms with Crippen LogP contribution in [0.4, 0.5) is 10.1 Å². The van der Waals surface area contributed by atoms with Crippen molar-refractivity contribution >= 4 is 17.4 Å². The molecule has 0 saturated heterocycles. The SMILES string of the molecule is CSCC(C)N(C)c1c(F)cccc1CNCC(C)C. The predicted octanol–water partition coefficient (Wildman–Crippen LogP) is 3.76. The molecule has 0 aromatic heterocycles. The van der Waals surface area contributed by atoms with Gasteiger partial charge in [0.1, 0.15) is 5.82 Å². The average molecular weight is 298 g/mol. The summed E-state index contributed by atoms with van der Waals surface area (Å²) in [5.74, 6) is 1.45. The third-order valence-electron chi connectivity index (χ3n) is 3.36. The van der Waals surface area contributed by atoms with E-state index in [1.165, 1.54) is 0 Å². The highest BCUT2D eigenvalue weighted by molar-refractivity contribution is 7.98. The monoisotopic (exact) mass is 298 g/mol. The number of anilines is 1. The van der Waals surface area contributed by atoms with Crippen LogP contribution in [-0.4, -0.2) is 31.6 Å². The van der Waals surface area contributed by atoms with E-state index < -0.39 is 0 Å². The number of hydrogen-bond acceptors (Lipinski definition) is 3. The summed E-state index contributed by atoms with van der Waals surface area (Å²) in [5, 5.41) is 3.40. The second-order valence-electron chi connectivity index (χ2n) is 5.69. The number of thioether (sulfide) groups is 1. The lowest BCUT2D eigenvalue weighted by Gasteiger charge is -2.29. The van der Waals surface area contributed by atoms with Crippen molar-refractivity contribution in [1.82, 2.24) is 5.32 Å². The molecule has 0 spiro atoms. The van der Waals surface area contributed by atoms with Gasteiger partial charge in [-0.1, -0.05) is 26.0 Å². The van der Waals surface area contributed by atoms with Crippen LogP contribution in [0.3, 0.4) is 0 Å². The zero-order valence-corrected chi connectivity index (χ0v) is 14.1. The molecule has 0 aliphatic rings. The minimum atomic E-state index is -0.135. The highest BCUT2D eigenvalue weighted by atomic mass is 32.2. The van der Waals surface area contributed by atoms with Gasteiger partial charge < -0.3 is 10.2 Å². The average Bonchev–Trinajstić information content (AvgIpc) is 2.38. The van der Waals surface area contributed by atoms with Crippen molar-refractivity contribution in [2.24, 2.45) is 5.92 Å². The first kappa shape index (κ1) is 17.3. The van der Waals surface area contributed by atoms with E-state index in [0.29, 0.717) is 18.5 Å². The molecule has 0 fully saturated rings. The van der Waals surface area contributed by atoms with E-state index in [9.17, 15) is 4.39 Å². The lowest BCUT2D eigenvalue weighted by atomic mass is 10.1. The van der Waals surface area contributed by atoms with Crippen LogP contribution in [0.25, 0.3) is 0 Å². The maximum absolute atomic E-state index is 14.2. The number of nitrogens with one attached hydrogen (secondary N) is 1. The third-order valence-corrected chi connectivity index (χ3v) is 4.18. The van der Waals surface area contributed by atoms with Crippen LogP contribution in [0.2, 0.25) is 0 Å². The smallest absolute Gasteiger partial charge is 0.146 e. The molecule has 4 heteroatoms. The topological polar surface area (TPSA) is 15.3 Å². The van der Waals surface area contributed by atoms with Gasteiger partial charge in [0.25, 0.3) is 0 Å². The molecule has 0 aliphatic carbocycles. The Bertz CT molecular complexity index is 409. The number of para-hydroxylation sites is 1. The van der Waals surface area contributed by atoms with Gasteiger partial charge in [-0.25, -0.2) is 4.39 Å². The first-order chi connectivity index (χ1) is 9.47. The van der Waals surface area contributed by atoms with Crippen molar-refractivity contribution in [2.45, 2.75) is 33.4 Å². The molecule has 0 aliphatic heterocycles. The van der Waals surface area contributed by atoms with E-state index in [2.05, 4.69) is 37.2 Å². The number of hydrogen-bond donors (Lipinski definition) is 1. The normalized spacial score (nSPS) is 12.8. The van der Waals surface area contributed by atoms with E-state index in [1.54, 1.807) is 23.9 Å². The quantitative estimate of drug-likeness (QED) is 0.786. The first-order valence-corrected chi connectivity index (χ1v) is 8.56. The van der Waals surface area contributed by atoms with E-state index in [1.807, 2.05) is 13.1 Å². The fourth-order valence-electron chi connectivity index (χ4n) is 2.17. The molecule has 1 unspecified atom stereocenters. The second kappa shape index (κ2) is 8.53. The van der Waals surface area contributed by atoms with Crippen LogP contribution in [0.5, 0.6) is 0 Å². The number of nitrogens with zero attached hydrogens (tertiary/aromatic N) is 1. The predicted molar refractivity (Wildman–Crippen MR) is 89.2 cm³/mol. The number of halogens is 1. The largest absolute Gasteiger partial charge is 0.368 e. The Labute approximate surface area is 127 Å². The molecule has 0 bridgehead atoms. The van der Waals surface area contributed by atoms with Crippen molar-refractivity contribution < 1.29 is 4.39 Å². The fraction of sp³-hybridized carbons (Fsp3) is 0.625. The summed E-state index contributed by atoms with van der Waals surface area (Å²) in [4.78, 5) is 2.05. The van der Waals surface area contributed by atoms with E-state index >= 15 is 0 Å². The zero-order valence-electron chi connectivity index (χ0n) is 13.2. The van der Waals surface area contributed by atoms with Gasteiger partial charge in [-0.3, -0.25) is 0 Å². The van der Waals surface area contributed by atoms with Crippen molar-refractivity contribution in [3.8, 4) is 0 Å². The molecule has 1 atom stereocenters. The Hall–Kier alpha value is -0.740. The minimum absolute atomic E-state index is 0.135. The van der Waals surface area contributed by atoms with Crippen LogP contribution in [0, 0.1) is 11.7 Å². The van der Waals surface area contributed by atoms with Crippen LogP contribution in [0.1, 0.15) is 26.3 Å². The van der Waals surface area contributed by atoms with Crippen LogP contribution in [-0.2, 0) is 6.54 Å². The molecule has 114 valence electrons. The molecule has 0 radical (unpaired) electrons. The minimum Gasteiger partial charge on any atom is -0.368 e. The summed E-state index contributed by atoms with van der Waals surface area (Å²) in [7, 11) is 1.98. The highest BCUT2D eigenvalue weighted by Crippen LogP contribution is 2.26. The van der Waals surface area contributed by atoms with Crippen LogP contribution >= 0.6 is 11.8 Å². The van der Waals surface area contributed by atoms with Crippen LogP contribution < -0.4 is 10.2 Å². The van der Waals surface area contributed by atoms with E-state index in [4.69, 9.17) is 0 Å². The van der Waals surface area contributed by atoms with E-state index in [-0.39, 0.29) is 5.82 Å². The lowest BCUT2D eigenvalue weighted by molar-refractivity contribution is 0.548. The zero-order chi connectivity index (χ0) is 15.1. The molecule has 1 aromatic rings. The summed E-state index contributed by atoms with van der Waals surface area (Å²) >= 11 is 1.79. The summed E-state index contributed by atoms with van der Waals surface area (Å²) in [6, 6.07) is 5.65. The van der Waals surface area contributed by atoms with Gasteiger partial charge in [-0.2, -0.15) is 11.8 Å². The molecule has 20 heavy (non-hydrogen) atoms. The summed E-state index contributed by atoms with van der Waals surface area (Å²) in [6.45, 7) is 8.13. The van der Waals surface area contributed by atoms with Crippen molar-refractivity contribution in [3.63, 3.8) is 0 Å². The standard InChI is InChI=1S/C16H27FN2S/c1-12(2)9-18-10-14-7-6-8-15(17)16(14)19(4)13(3)11-20-5/h6-8,12-13,18H,9-11H2,1-5H3. The third kappa shape index (κ3) is 4.98. The Balaban J connectivity index is 2.87. The Morgan fingerprint density at radius 1 is 1.30 bits per heavy atom. The molecule has 1 aromatic carbocycles. The molecule has 0 amide bonds. The second-order valence-corrected chi connectivity index (χ2v) is 6.60. The lowest BCUT2D eigenvalue weighted by Crippen LogP contribution is -2.33. The molecular weight excluding hydrogens is 271 g/mol. The molecule has 1 N–H and O–H groups in total. The van der Waals surface area contributed by atoms with E-state index in [0.717, 1.165) is 23.5 Å². The summed E-state index contributed by atoms with van der Waals surface area (Å²) in [5.41, 5.74) is 1.76. The maximum atomic E-state index is 14.2. The number of benzene rings is 1. The van der Waals surface area contributed by atoms with Gasteiger partial charge >= 0.3 is 0 Å². The number of rotatable bonds is 8. The Morgan fingerprint density at radius 2 is 2.00 bits per heavy atom.